The molecule has 0 radical (unpaired) electrons. The molecule has 0 fully saturated rings. The maximum Gasteiger partial charge on any atom is 0.230 e. The van der Waals surface area contributed by atoms with E-state index < -0.39 is 17.6 Å². The van der Waals surface area contributed by atoms with Gasteiger partial charge in [0.1, 0.15) is 6.10 Å². The molecule has 0 rings (SSSR count). The Balaban J connectivity index is 3.24. The fourth-order valence-corrected chi connectivity index (χ4v) is 0.318. The van der Waals surface area contributed by atoms with Crippen LogP contribution in [0.4, 0.5) is 0 Å². The van der Waals surface area contributed by atoms with Gasteiger partial charge >= 0.3 is 0 Å². The Morgan fingerprint density at radius 3 is 2.50 bits per heavy atom. The number of alkyl halides is 1. The summed E-state index contributed by atoms with van der Waals surface area (Å²) in [6.45, 7) is -0.469. The average Bonchev–Trinajstić information content (AvgIpc) is 1.65. The molecular weight excluding hydrogens is 133 g/mol. The van der Waals surface area contributed by atoms with Gasteiger partial charge in [0.2, 0.25) is 6.54 Å². The Labute approximate surface area is 51.2 Å². The van der Waals surface area contributed by atoms with Crippen LogP contribution in [0.5, 0.6) is 0 Å². The molecule has 0 aromatic carbocycles. The molecule has 0 aliphatic heterocycles. The van der Waals surface area contributed by atoms with E-state index >= 15 is 0 Å². The first-order valence-electron chi connectivity index (χ1n) is 2.02. The first-order valence-corrected chi connectivity index (χ1v) is 2.56. The lowest BCUT2D eigenvalue weighted by Gasteiger charge is -1.96. The smallest absolute Gasteiger partial charge is 0.230 e. The van der Waals surface area contributed by atoms with Crippen molar-refractivity contribution in [3.63, 3.8) is 0 Å². The molecule has 5 heteroatoms. The molecule has 1 atom stereocenters. The molecule has 1 unspecified atom stereocenters. The number of nitro groups is 1. The number of halogens is 1. The molecule has 0 spiro atoms. The SMILES string of the molecule is O=[N+]([O-])CC(O)CCl. The molecule has 0 bridgehead atoms. The zero-order valence-corrected chi connectivity index (χ0v) is 4.84. The highest BCUT2D eigenvalue weighted by Gasteiger charge is 2.07. The Hall–Kier alpha value is -0.350. The van der Waals surface area contributed by atoms with E-state index in [1.807, 2.05) is 0 Å². The van der Waals surface area contributed by atoms with Crippen molar-refractivity contribution in [2.45, 2.75) is 6.10 Å². The quantitative estimate of drug-likeness (QED) is 0.336. The largest absolute Gasteiger partial charge is 0.385 e. The van der Waals surface area contributed by atoms with Crippen LogP contribution in [-0.4, -0.2) is 28.6 Å². The van der Waals surface area contributed by atoms with Gasteiger partial charge in [0, 0.05) is 4.92 Å². The summed E-state index contributed by atoms with van der Waals surface area (Å²) in [4.78, 5) is 8.95. The minimum Gasteiger partial charge on any atom is -0.385 e. The number of hydrogen-bond donors (Lipinski definition) is 1. The fourth-order valence-electron chi connectivity index (χ4n) is 0.221. The van der Waals surface area contributed by atoms with Gasteiger partial charge in [-0.05, 0) is 0 Å². The van der Waals surface area contributed by atoms with Crippen LogP contribution in [-0.2, 0) is 0 Å². The fraction of sp³-hybridized carbons (Fsp3) is 1.00. The summed E-state index contributed by atoms with van der Waals surface area (Å²) in [6.07, 6.45) is -1.01. The average molecular weight is 140 g/mol. The zero-order chi connectivity index (χ0) is 6.57. The van der Waals surface area contributed by atoms with Crippen molar-refractivity contribution in [1.82, 2.24) is 0 Å². The van der Waals surface area contributed by atoms with Gasteiger partial charge < -0.3 is 5.11 Å². The molecule has 48 valence electrons. The predicted octanol–water partition coefficient (Wildman–Crippen LogP) is -0.137. The van der Waals surface area contributed by atoms with Gasteiger partial charge in [-0.25, -0.2) is 0 Å². The molecule has 0 saturated heterocycles. The Kier molecular flexibility index (Phi) is 3.47. The van der Waals surface area contributed by atoms with Gasteiger partial charge in [-0.3, -0.25) is 10.1 Å². The Morgan fingerprint density at radius 1 is 1.88 bits per heavy atom. The van der Waals surface area contributed by atoms with Gasteiger partial charge in [0.05, 0.1) is 5.88 Å². The highest BCUT2D eigenvalue weighted by atomic mass is 35.5. The molecule has 0 aliphatic carbocycles. The summed E-state index contributed by atoms with van der Waals surface area (Å²) < 4.78 is 0. The number of hydrogen-bond acceptors (Lipinski definition) is 3. The Morgan fingerprint density at radius 2 is 2.38 bits per heavy atom. The van der Waals surface area contributed by atoms with Crippen LogP contribution >= 0.6 is 11.6 Å². The number of nitrogens with zero attached hydrogens (tertiary/aromatic N) is 1. The van der Waals surface area contributed by atoms with E-state index in [4.69, 9.17) is 16.7 Å². The summed E-state index contributed by atoms with van der Waals surface area (Å²) in [7, 11) is 0. The van der Waals surface area contributed by atoms with Crippen molar-refractivity contribution in [1.29, 1.82) is 0 Å². The molecule has 4 nitrogen and oxygen atoms in total. The van der Waals surface area contributed by atoms with Gasteiger partial charge in [-0.15, -0.1) is 11.6 Å². The van der Waals surface area contributed by atoms with Crippen LogP contribution in [0.2, 0.25) is 0 Å². The molecule has 0 amide bonds. The summed E-state index contributed by atoms with van der Waals surface area (Å²) in [5.41, 5.74) is 0. The highest BCUT2D eigenvalue weighted by molar-refractivity contribution is 6.18. The third-order valence-electron chi connectivity index (χ3n) is 0.538. The van der Waals surface area contributed by atoms with Crippen molar-refractivity contribution in [3.8, 4) is 0 Å². The van der Waals surface area contributed by atoms with Crippen LogP contribution in [0.15, 0.2) is 0 Å². The monoisotopic (exact) mass is 139 g/mol. The minimum absolute atomic E-state index is 0.0824. The summed E-state index contributed by atoms with van der Waals surface area (Å²) in [5.74, 6) is -0.0824. The molecule has 0 aliphatic rings. The molecular formula is C3H6ClNO3. The van der Waals surface area contributed by atoms with Crippen molar-refractivity contribution in [2.24, 2.45) is 0 Å². The topological polar surface area (TPSA) is 63.4 Å². The van der Waals surface area contributed by atoms with Crippen LogP contribution in [0.1, 0.15) is 0 Å². The molecule has 0 saturated carbocycles. The second-order valence-electron chi connectivity index (χ2n) is 1.32. The van der Waals surface area contributed by atoms with Crippen molar-refractivity contribution < 1.29 is 10.0 Å². The summed E-state index contributed by atoms with van der Waals surface area (Å²) >= 11 is 5.04. The van der Waals surface area contributed by atoms with Gasteiger partial charge in [0.15, 0.2) is 0 Å². The molecule has 1 N–H and O–H groups in total. The number of aliphatic hydroxyl groups is 1. The Bertz CT molecular complexity index is 86.6. The van der Waals surface area contributed by atoms with E-state index in [1.54, 1.807) is 0 Å². The molecule has 0 aromatic heterocycles. The lowest BCUT2D eigenvalue weighted by molar-refractivity contribution is -0.489. The van der Waals surface area contributed by atoms with E-state index in [2.05, 4.69) is 0 Å². The number of rotatable bonds is 3. The van der Waals surface area contributed by atoms with E-state index in [0.717, 1.165) is 0 Å². The lowest BCUT2D eigenvalue weighted by atomic mass is 10.4. The lowest BCUT2D eigenvalue weighted by Crippen LogP contribution is -2.20. The minimum atomic E-state index is -1.01. The second-order valence-corrected chi connectivity index (χ2v) is 1.63. The van der Waals surface area contributed by atoms with E-state index in [-0.39, 0.29) is 5.88 Å². The molecule has 0 heterocycles. The van der Waals surface area contributed by atoms with Crippen LogP contribution < -0.4 is 0 Å². The summed E-state index contributed by atoms with van der Waals surface area (Å²) in [6, 6.07) is 0. The van der Waals surface area contributed by atoms with Gasteiger partial charge in [-0.2, -0.15) is 0 Å². The first-order chi connectivity index (χ1) is 3.66. The number of aliphatic hydroxyl groups excluding tert-OH is 1. The van der Waals surface area contributed by atoms with Crippen molar-refractivity contribution >= 4 is 11.6 Å². The van der Waals surface area contributed by atoms with Gasteiger partial charge in [-0.1, -0.05) is 0 Å². The van der Waals surface area contributed by atoms with Crippen LogP contribution in [0.25, 0.3) is 0 Å². The van der Waals surface area contributed by atoms with Crippen LogP contribution in [0, 0.1) is 10.1 Å². The first kappa shape index (κ1) is 7.65. The predicted molar refractivity (Wildman–Crippen MR) is 28.6 cm³/mol. The third kappa shape index (κ3) is 3.83. The molecule has 8 heavy (non-hydrogen) atoms. The zero-order valence-electron chi connectivity index (χ0n) is 4.08. The second kappa shape index (κ2) is 3.63. The maximum absolute atomic E-state index is 9.56. The van der Waals surface area contributed by atoms with Crippen molar-refractivity contribution in [3.05, 3.63) is 10.1 Å². The van der Waals surface area contributed by atoms with Gasteiger partial charge in [0.25, 0.3) is 0 Å². The highest BCUT2D eigenvalue weighted by Crippen LogP contribution is 1.86. The maximum atomic E-state index is 9.56. The standard InChI is InChI=1S/C3H6ClNO3/c4-1-3(6)2-5(7)8/h3,6H,1-2H2. The van der Waals surface area contributed by atoms with Crippen molar-refractivity contribution in [2.75, 3.05) is 12.4 Å². The van der Waals surface area contributed by atoms with Crippen LogP contribution in [0.3, 0.4) is 0 Å². The van der Waals surface area contributed by atoms with E-state index in [9.17, 15) is 10.1 Å². The van der Waals surface area contributed by atoms with E-state index in [1.165, 1.54) is 0 Å². The summed E-state index contributed by atoms with van der Waals surface area (Å²) in [5, 5.41) is 18.0. The van der Waals surface area contributed by atoms with E-state index in [0.29, 0.717) is 0 Å². The normalized spacial score (nSPS) is 13.2. The third-order valence-corrected chi connectivity index (χ3v) is 0.894. The molecule has 0 aromatic rings.